The predicted molar refractivity (Wildman–Crippen MR) is 105 cm³/mol. The summed E-state index contributed by atoms with van der Waals surface area (Å²) < 4.78 is 5.44. The Labute approximate surface area is 161 Å². The second-order valence-corrected chi connectivity index (χ2v) is 7.74. The lowest BCUT2D eigenvalue weighted by atomic mass is 9.97. The zero-order chi connectivity index (χ0) is 18.5. The molecule has 1 amide bonds. The highest BCUT2D eigenvalue weighted by atomic mass is 16.3. The van der Waals surface area contributed by atoms with Crippen LogP contribution >= 0.6 is 0 Å². The predicted octanol–water partition coefficient (Wildman–Crippen LogP) is 2.67. The Morgan fingerprint density at radius 1 is 1.11 bits per heavy atom. The van der Waals surface area contributed by atoms with Crippen molar-refractivity contribution in [3.05, 3.63) is 59.5 Å². The van der Waals surface area contributed by atoms with Crippen LogP contribution in [0.25, 0.3) is 0 Å². The van der Waals surface area contributed by atoms with E-state index in [1.807, 2.05) is 12.1 Å². The summed E-state index contributed by atoms with van der Waals surface area (Å²) in [6.45, 7) is 6.38. The van der Waals surface area contributed by atoms with E-state index in [2.05, 4.69) is 39.4 Å². The van der Waals surface area contributed by atoms with Gasteiger partial charge < -0.3 is 9.73 Å². The number of carbonyl (C=O) groups excluding carboxylic acids is 1. The van der Waals surface area contributed by atoms with Gasteiger partial charge in [0.2, 0.25) is 5.91 Å². The van der Waals surface area contributed by atoms with Crippen molar-refractivity contribution < 1.29 is 9.21 Å². The van der Waals surface area contributed by atoms with Gasteiger partial charge in [-0.05, 0) is 49.1 Å². The van der Waals surface area contributed by atoms with E-state index in [1.165, 1.54) is 11.1 Å². The Bertz CT molecular complexity index is 744. The lowest BCUT2D eigenvalue weighted by Crippen LogP contribution is -2.44. The van der Waals surface area contributed by atoms with E-state index in [0.29, 0.717) is 0 Å². The van der Waals surface area contributed by atoms with Crippen LogP contribution in [0.15, 0.2) is 47.1 Å². The van der Waals surface area contributed by atoms with Crippen LogP contribution in [0.3, 0.4) is 0 Å². The maximum absolute atomic E-state index is 12.6. The molecule has 2 aliphatic heterocycles. The molecule has 0 aliphatic carbocycles. The van der Waals surface area contributed by atoms with E-state index in [-0.39, 0.29) is 11.8 Å². The lowest BCUT2D eigenvalue weighted by Gasteiger charge is -2.32. The number of rotatable bonds is 6. The average molecular weight is 367 g/mol. The van der Waals surface area contributed by atoms with Gasteiger partial charge in [0, 0.05) is 32.7 Å². The maximum atomic E-state index is 12.6. The summed E-state index contributed by atoms with van der Waals surface area (Å²) in [5.74, 6) is 1.27. The third kappa shape index (κ3) is 4.79. The fraction of sp³-hybridized carbons (Fsp3) is 0.500. The zero-order valence-electron chi connectivity index (χ0n) is 15.9. The molecule has 0 radical (unpaired) electrons. The first-order valence-electron chi connectivity index (χ1n) is 10.1. The van der Waals surface area contributed by atoms with Crippen LogP contribution in [0, 0.1) is 5.92 Å². The van der Waals surface area contributed by atoms with E-state index >= 15 is 0 Å². The van der Waals surface area contributed by atoms with Crippen LogP contribution in [-0.4, -0.2) is 48.4 Å². The number of carbonyl (C=O) groups is 1. The van der Waals surface area contributed by atoms with Gasteiger partial charge >= 0.3 is 0 Å². The number of furan rings is 1. The van der Waals surface area contributed by atoms with Gasteiger partial charge in [0.05, 0.1) is 18.7 Å². The van der Waals surface area contributed by atoms with Gasteiger partial charge in [-0.2, -0.15) is 0 Å². The summed E-state index contributed by atoms with van der Waals surface area (Å²) >= 11 is 0. The molecule has 5 nitrogen and oxygen atoms in total. The van der Waals surface area contributed by atoms with Crippen LogP contribution in [-0.2, 0) is 24.3 Å². The van der Waals surface area contributed by atoms with Gasteiger partial charge in [-0.25, -0.2) is 0 Å². The maximum Gasteiger partial charge on any atom is 0.224 e. The average Bonchev–Trinajstić information content (AvgIpc) is 3.21. The molecule has 1 aromatic carbocycles. The molecule has 0 bridgehead atoms. The number of nitrogens with zero attached hydrogens (tertiary/aromatic N) is 2. The standard InChI is InChI=1S/C22H29N3O2/c26-22(20-7-3-11-25(16-20)17-21-8-4-14-27-21)23-10-13-24-12-9-18-5-1-2-6-19(18)15-24/h1-2,4-6,8,14,20H,3,7,9-13,15-17H2,(H,23,26)/t20-/m1/s1. The highest BCUT2D eigenvalue weighted by Crippen LogP contribution is 2.20. The van der Waals surface area contributed by atoms with Crippen molar-refractivity contribution in [3.63, 3.8) is 0 Å². The first-order valence-corrected chi connectivity index (χ1v) is 10.1. The molecule has 1 aromatic heterocycles. The molecular formula is C22H29N3O2. The Hall–Kier alpha value is -2.11. The summed E-state index contributed by atoms with van der Waals surface area (Å²) in [5, 5.41) is 3.17. The molecule has 1 saturated heterocycles. The van der Waals surface area contributed by atoms with Crippen molar-refractivity contribution in [2.45, 2.75) is 32.4 Å². The molecule has 3 heterocycles. The van der Waals surface area contributed by atoms with E-state index < -0.39 is 0 Å². The Balaban J connectivity index is 1.20. The topological polar surface area (TPSA) is 48.7 Å². The highest BCUT2D eigenvalue weighted by molar-refractivity contribution is 5.78. The summed E-state index contributed by atoms with van der Waals surface area (Å²) in [6.07, 6.45) is 4.87. The van der Waals surface area contributed by atoms with Crippen molar-refractivity contribution in [2.24, 2.45) is 5.92 Å². The molecule has 1 fully saturated rings. The normalized spacial score (nSPS) is 21.0. The quantitative estimate of drug-likeness (QED) is 0.853. The van der Waals surface area contributed by atoms with Gasteiger partial charge in [-0.3, -0.25) is 14.6 Å². The molecule has 1 N–H and O–H groups in total. The number of amides is 1. The van der Waals surface area contributed by atoms with Crippen LogP contribution < -0.4 is 5.32 Å². The smallest absolute Gasteiger partial charge is 0.224 e. The number of likely N-dealkylation sites (tertiary alicyclic amines) is 1. The molecule has 0 unspecified atom stereocenters. The Morgan fingerprint density at radius 3 is 2.85 bits per heavy atom. The minimum absolute atomic E-state index is 0.0933. The molecule has 0 saturated carbocycles. The molecule has 1 atom stereocenters. The van der Waals surface area contributed by atoms with Crippen molar-refractivity contribution in [1.82, 2.24) is 15.1 Å². The zero-order valence-corrected chi connectivity index (χ0v) is 15.9. The molecule has 27 heavy (non-hydrogen) atoms. The van der Waals surface area contributed by atoms with Gasteiger partial charge in [0.1, 0.15) is 5.76 Å². The van der Waals surface area contributed by atoms with E-state index in [1.54, 1.807) is 6.26 Å². The minimum Gasteiger partial charge on any atom is -0.468 e. The fourth-order valence-electron chi connectivity index (χ4n) is 4.26. The second-order valence-electron chi connectivity index (χ2n) is 7.74. The van der Waals surface area contributed by atoms with Gasteiger partial charge in [0.15, 0.2) is 0 Å². The van der Waals surface area contributed by atoms with E-state index in [4.69, 9.17) is 4.42 Å². The number of benzene rings is 1. The van der Waals surface area contributed by atoms with Crippen molar-refractivity contribution >= 4 is 5.91 Å². The summed E-state index contributed by atoms with van der Waals surface area (Å²) in [4.78, 5) is 17.4. The van der Waals surface area contributed by atoms with Crippen LogP contribution in [0.1, 0.15) is 29.7 Å². The third-order valence-corrected chi connectivity index (χ3v) is 5.77. The number of hydrogen-bond acceptors (Lipinski definition) is 4. The first kappa shape index (κ1) is 18.3. The SMILES string of the molecule is O=C(NCCN1CCc2ccccc2C1)[C@@H]1CCCN(Cc2ccco2)C1. The van der Waals surface area contributed by atoms with E-state index in [9.17, 15) is 4.79 Å². The molecule has 2 aliphatic rings. The lowest BCUT2D eigenvalue weighted by molar-refractivity contribution is -0.126. The molecule has 144 valence electrons. The monoisotopic (exact) mass is 367 g/mol. The summed E-state index contributed by atoms with van der Waals surface area (Å²) in [7, 11) is 0. The molecule has 0 spiro atoms. The van der Waals surface area contributed by atoms with Crippen molar-refractivity contribution in [3.8, 4) is 0 Å². The Kier molecular flexibility index (Phi) is 5.90. The minimum atomic E-state index is 0.0933. The van der Waals surface area contributed by atoms with E-state index in [0.717, 1.165) is 70.8 Å². The van der Waals surface area contributed by atoms with Crippen LogP contribution in [0.2, 0.25) is 0 Å². The van der Waals surface area contributed by atoms with Crippen LogP contribution in [0.5, 0.6) is 0 Å². The number of fused-ring (bicyclic) bond motifs is 1. The first-order chi connectivity index (χ1) is 13.3. The molecule has 2 aromatic rings. The van der Waals surface area contributed by atoms with Gasteiger partial charge in [-0.1, -0.05) is 24.3 Å². The second kappa shape index (κ2) is 8.72. The van der Waals surface area contributed by atoms with Gasteiger partial charge in [0.25, 0.3) is 0 Å². The number of nitrogens with one attached hydrogen (secondary N) is 1. The largest absolute Gasteiger partial charge is 0.468 e. The van der Waals surface area contributed by atoms with Gasteiger partial charge in [-0.15, -0.1) is 0 Å². The van der Waals surface area contributed by atoms with Crippen molar-refractivity contribution in [1.29, 1.82) is 0 Å². The number of hydrogen-bond donors (Lipinski definition) is 1. The third-order valence-electron chi connectivity index (χ3n) is 5.77. The molecular weight excluding hydrogens is 338 g/mol. The summed E-state index contributed by atoms with van der Waals surface area (Å²) in [6, 6.07) is 12.6. The van der Waals surface area contributed by atoms with Crippen LogP contribution in [0.4, 0.5) is 0 Å². The number of piperidine rings is 1. The highest BCUT2D eigenvalue weighted by Gasteiger charge is 2.26. The summed E-state index contributed by atoms with van der Waals surface area (Å²) in [5.41, 5.74) is 2.90. The Morgan fingerprint density at radius 2 is 2.00 bits per heavy atom. The fourth-order valence-corrected chi connectivity index (χ4v) is 4.26. The van der Waals surface area contributed by atoms with Crippen molar-refractivity contribution in [2.75, 3.05) is 32.7 Å². The molecule has 5 heteroatoms. The molecule has 4 rings (SSSR count).